The number of fused-ring (bicyclic) bond motifs is 1. The quantitative estimate of drug-likeness (QED) is 0.461. The molecule has 0 heterocycles. The van der Waals surface area contributed by atoms with Gasteiger partial charge in [-0.3, -0.25) is 4.90 Å². The molecule has 3 atom stereocenters. The lowest BCUT2D eigenvalue weighted by Gasteiger charge is -2.46. The van der Waals surface area contributed by atoms with Crippen molar-refractivity contribution in [2.75, 3.05) is 6.61 Å². The number of benzene rings is 1. The minimum Gasteiger partial charge on any atom is -0.465 e. The summed E-state index contributed by atoms with van der Waals surface area (Å²) in [4.78, 5) is 13.6. The summed E-state index contributed by atoms with van der Waals surface area (Å²) in [5, 5.41) is 20.2. The number of carbonyl (C=O) groups is 1. The Balaban J connectivity index is 1.69. The number of aliphatic hydroxyl groups is 1. The number of nitrogens with zero attached hydrogens (tertiary/aromatic N) is 1. The predicted molar refractivity (Wildman–Crippen MR) is 127 cm³/mol. The maximum absolute atomic E-state index is 12.1. The summed E-state index contributed by atoms with van der Waals surface area (Å²) in [7, 11) is 0. The van der Waals surface area contributed by atoms with Crippen LogP contribution in [-0.4, -0.2) is 38.9 Å². The third kappa shape index (κ3) is 5.45. The van der Waals surface area contributed by atoms with Gasteiger partial charge in [0.1, 0.15) is 0 Å². The van der Waals surface area contributed by atoms with Gasteiger partial charge >= 0.3 is 6.09 Å². The molecule has 1 saturated carbocycles. The summed E-state index contributed by atoms with van der Waals surface area (Å²) in [6, 6.07) is 7.00. The third-order valence-electron chi connectivity index (χ3n) is 7.71. The van der Waals surface area contributed by atoms with Gasteiger partial charge in [0.15, 0.2) is 0 Å². The Labute approximate surface area is 189 Å². The molecule has 0 spiro atoms. The molecule has 4 nitrogen and oxygen atoms in total. The van der Waals surface area contributed by atoms with Crippen molar-refractivity contribution in [1.29, 1.82) is 0 Å². The van der Waals surface area contributed by atoms with Gasteiger partial charge in [0.05, 0.1) is 12.1 Å². The van der Waals surface area contributed by atoms with Crippen molar-refractivity contribution < 1.29 is 15.0 Å². The van der Waals surface area contributed by atoms with Crippen molar-refractivity contribution in [2.45, 2.75) is 115 Å². The van der Waals surface area contributed by atoms with Gasteiger partial charge in [0.2, 0.25) is 0 Å². The maximum atomic E-state index is 12.1. The van der Waals surface area contributed by atoms with Gasteiger partial charge in [-0.1, -0.05) is 57.2 Å². The summed E-state index contributed by atoms with van der Waals surface area (Å²) < 4.78 is 0. The highest BCUT2D eigenvalue weighted by molar-refractivity contribution is 5.67. The highest BCUT2D eigenvalue weighted by Crippen LogP contribution is 2.47. The fraction of sp³-hybridized carbons (Fsp3) is 0.741. The third-order valence-corrected chi connectivity index (χ3v) is 7.71. The van der Waals surface area contributed by atoms with E-state index in [9.17, 15) is 15.0 Å². The van der Waals surface area contributed by atoms with Crippen LogP contribution in [0.15, 0.2) is 18.2 Å². The SMILES string of the molecule is CCCCCC[C@@H]1CCc2cc([C@H]3CC[C@@](CO)(N(C(=O)O)C(C)(C)C)C3)ccc2C1. The Morgan fingerprint density at radius 2 is 1.94 bits per heavy atom. The Bertz CT molecular complexity index is 753. The number of aliphatic hydroxyl groups excluding tert-OH is 1. The molecule has 0 radical (unpaired) electrons. The largest absolute Gasteiger partial charge is 0.465 e. The van der Waals surface area contributed by atoms with Gasteiger partial charge < -0.3 is 10.2 Å². The van der Waals surface area contributed by atoms with Gasteiger partial charge in [0.25, 0.3) is 0 Å². The standard InChI is InChI=1S/C27H43NO3/c1-5-6-7-8-9-20-10-11-22-17-23(13-12-21(22)16-20)24-14-15-27(18-24,19-29)28(25(30)31)26(2,3)4/h12-13,17,20,24,29H,5-11,14-16,18-19H2,1-4H3,(H,30,31)/t20-,24+,27-/m1/s1. The first-order chi connectivity index (χ1) is 14.7. The van der Waals surface area contributed by atoms with E-state index in [1.54, 1.807) is 0 Å². The average Bonchev–Trinajstić information content (AvgIpc) is 3.14. The zero-order valence-electron chi connectivity index (χ0n) is 20.1. The monoisotopic (exact) mass is 429 g/mol. The van der Waals surface area contributed by atoms with Crippen molar-refractivity contribution in [2.24, 2.45) is 5.92 Å². The fourth-order valence-corrected chi connectivity index (χ4v) is 6.22. The van der Waals surface area contributed by atoms with Gasteiger partial charge in [-0.2, -0.15) is 0 Å². The highest BCUT2D eigenvalue weighted by Gasteiger charge is 2.50. The van der Waals surface area contributed by atoms with Crippen LogP contribution in [-0.2, 0) is 12.8 Å². The second-order valence-electron chi connectivity index (χ2n) is 11.1. The summed E-state index contributed by atoms with van der Waals surface area (Å²) in [5.41, 5.74) is 3.12. The molecule has 31 heavy (non-hydrogen) atoms. The van der Waals surface area contributed by atoms with Gasteiger partial charge in [-0.15, -0.1) is 0 Å². The van der Waals surface area contributed by atoms with Crippen molar-refractivity contribution in [3.63, 3.8) is 0 Å². The molecule has 1 fully saturated rings. The lowest BCUT2D eigenvalue weighted by molar-refractivity contribution is -0.0135. The van der Waals surface area contributed by atoms with E-state index in [0.29, 0.717) is 18.8 Å². The Hall–Kier alpha value is -1.55. The van der Waals surface area contributed by atoms with E-state index in [1.165, 1.54) is 73.0 Å². The van der Waals surface area contributed by atoms with E-state index < -0.39 is 17.2 Å². The number of aryl methyl sites for hydroxylation is 1. The van der Waals surface area contributed by atoms with Crippen LogP contribution in [0.25, 0.3) is 0 Å². The molecule has 0 aromatic heterocycles. The molecule has 0 aliphatic heterocycles. The lowest BCUT2D eigenvalue weighted by atomic mass is 9.79. The molecule has 4 heteroatoms. The minimum absolute atomic E-state index is 0.113. The molecule has 2 N–H and O–H groups in total. The van der Waals surface area contributed by atoms with E-state index >= 15 is 0 Å². The molecule has 1 aromatic rings. The minimum atomic E-state index is -0.933. The summed E-state index contributed by atoms with van der Waals surface area (Å²) in [6.45, 7) is 7.92. The molecule has 3 rings (SSSR count). The van der Waals surface area contributed by atoms with Crippen LogP contribution in [0.4, 0.5) is 4.79 Å². The molecule has 1 aromatic carbocycles. The van der Waals surface area contributed by atoms with Crippen molar-refractivity contribution in [1.82, 2.24) is 4.90 Å². The van der Waals surface area contributed by atoms with Crippen LogP contribution in [0, 0.1) is 5.92 Å². The summed E-state index contributed by atoms with van der Waals surface area (Å²) >= 11 is 0. The highest BCUT2D eigenvalue weighted by atomic mass is 16.4. The van der Waals surface area contributed by atoms with E-state index in [0.717, 1.165) is 12.3 Å². The summed E-state index contributed by atoms with van der Waals surface area (Å²) in [5.74, 6) is 1.15. The molecule has 0 unspecified atom stereocenters. The molecule has 174 valence electrons. The van der Waals surface area contributed by atoms with Gasteiger partial charge in [-0.05, 0) is 87.8 Å². The number of hydrogen-bond donors (Lipinski definition) is 2. The molecule has 0 saturated heterocycles. The topological polar surface area (TPSA) is 60.8 Å². The van der Waals surface area contributed by atoms with Crippen LogP contribution in [0.5, 0.6) is 0 Å². The smallest absolute Gasteiger partial charge is 0.408 e. The first kappa shape index (κ1) is 24.1. The van der Waals surface area contributed by atoms with Crippen molar-refractivity contribution in [3.05, 3.63) is 34.9 Å². The average molecular weight is 430 g/mol. The zero-order valence-corrected chi connectivity index (χ0v) is 20.1. The van der Waals surface area contributed by atoms with Crippen LogP contribution >= 0.6 is 0 Å². The summed E-state index contributed by atoms with van der Waals surface area (Å²) in [6.07, 6.45) is 11.8. The Morgan fingerprint density at radius 1 is 1.16 bits per heavy atom. The Morgan fingerprint density at radius 3 is 2.58 bits per heavy atom. The Kier molecular flexibility index (Phi) is 7.72. The van der Waals surface area contributed by atoms with E-state index in [-0.39, 0.29) is 6.61 Å². The first-order valence-electron chi connectivity index (χ1n) is 12.5. The molecular formula is C27H43NO3. The van der Waals surface area contributed by atoms with Crippen LogP contribution < -0.4 is 0 Å². The zero-order chi connectivity index (χ0) is 22.6. The normalized spacial score (nSPS) is 26.0. The molecule has 1 amide bonds. The number of unbranched alkanes of at least 4 members (excludes halogenated alkanes) is 3. The van der Waals surface area contributed by atoms with Crippen LogP contribution in [0.3, 0.4) is 0 Å². The van der Waals surface area contributed by atoms with Crippen LogP contribution in [0.1, 0.15) is 108 Å². The fourth-order valence-electron chi connectivity index (χ4n) is 6.22. The van der Waals surface area contributed by atoms with Gasteiger partial charge in [0, 0.05) is 5.54 Å². The van der Waals surface area contributed by atoms with Gasteiger partial charge in [-0.25, -0.2) is 4.79 Å². The van der Waals surface area contributed by atoms with E-state index in [4.69, 9.17) is 0 Å². The number of amides is 1. The van der Waals surface area contributed by atoms with Crippen molar-refractivity contribution >= 4 is 6.09 Å². The molecule has 0 bridgehead atoms. The van der Waals surface area contributed by atoms with E-state index in [1.807, 2.05) is 20.8 Å². The van der Waals surface area contributed by atoms with Crippen molar-refractivity contribution in [3.8, 4) is 0 Å². The maximum Gasteiger partial charge on any atom is 0.408 e. The second-order valence-corrected chi connectivity index (χ2v) is 11.1. The molecular weight excluding hydrogens is 386 g/mol. The molecule has 2 aliphatic carbocycles. The second kappa shape index (κ2) is 9.94. The number of rotatable bonds is 8. The number of carboxylic acid groups (broad SMARTS) is 1. The van der Waals surface area contributed by atoms with E-state index in [2.05, 4.69) is 25.1 Å². The molecule has 2 aliphatic rings. The number of hydrogen-bond acceptors (Lipinski definition) is 2. The first-order valence-corrected chi connectivity index (χ1v) is 12.5. The lowest BCUT2D eigenvalue weighted by Crippen LogP contribution is -2.60. The predicted octanol–water partition coefficient (Wildman–Crippen LogP) is 6.54. The van der Waals surface area contributed by atoms with Crippen LogP contribution in [0.2, 0.25) is 0 Å².